The molecular formula is C43H73N2O8P. The number of hydrogen-bond donors (Lipinski definition) is 4. The van der Waals surface area contributed by atoms with Gasteiger partial charge in [0.1, 0.15) is 13.2 Å². The van der Waals surface area contributed by atoms with Crippen LogP contribution in [0.3, 0.4) is 0 Å². The predicted molar refractivity (Wildman–Crippen MR) is 221 cm³/mol. The van der Waals surface area contributed by atoms with Gasteiger partial charge < -0.3 is 39.1 Å². The Kier molecular flexibility index (Phi) is 32.0. The van der Waals surface area contributed by atoms with Crippen molar-refractivity contribution < 1.29 is 43.1 Å². The molecule has 308 valence electrons. The highest BCUT2D eigenvalue weighted by Gasteiger charge is 2.23. The van der Waals surface area contributed by atoms with Gasteiger partial charge in [0.2, 0.25) is 5.91 Å². The fraction of sp³-hybridized carbons (Fsp3) is 0.605. The maximum Gasteiger partial charge on any atom is 0.268 e. The van der Waals surface area contributed by atoms with Crippen molar-refractivity contribution >= 4 is 13.7 Å². The summed E-state index contributed by atoms with van der Waals surface area (Å²) in [5.41, 5.74) is 0. The lowest BCUT2D eigenvalue weighted by molar-refractivity contribution is -0.870. The van der Waals surface area contributed by atoms with E-state index in [1.807, 2.05) is 69.8 Å². The monoisotopic (exact) mass is 777 g/mol. The number of aliphatic hydroxyl groups excluding tert-OH is 3. The van der Waals surface area contributed by atoms with Crippen molar-refractivity contribution in [1.82, 2.24) is 5.32 Å². The van der Waals surface area contributed by atoms with Crippen LogP contribution in [0.15, 0.2) is 97.2 Å². The summed E-state index contributed by atoms with van der Waals surface area (Å²) in [6.45, 7) is 4.20. The highest BCUT2D eigenvalue weighted by molar-refractivity contribution is 7.45. The number of phosphoric ester groups is 1. The van der Waals surface area contributed by atoms with E-state index in [2.05, 4.69) is 31.3 Å². The Labute approximate surface area is 327 Å². The molecule has 0 fully saturated rings. The first-order valence-electron chi connectivity index (χ1n) is 19.8. The zero-order chi connectivity index (χ0) is 40.3. The lowest BCUT2D eigenvalue weighted by atomic mass is 10.1. The van der Waals surface area contributed by atoms with E-state index < -0.39 is 38.8 Å². The third kappa shape index (κ3) is 35.1. The molecule has 0 bridgehead atoms. The average molecular weight is 777 g/mol. The fourth-order valence-corrected chi connectivity index (χ4v) is 5.45. The van der Waals surface area contributed by atoms with Crippen molar-refractivity contribution in [3.8, 4) is 0 Å². The van der Waals surface area contributed by atoms with E-state index in [0.717, 1.165) is 19.3 Å². The SMILES string of the molecule is CC/C=C\C[C@H](O)/C=C/C=C\C/C=C\C=C\[C@H](O)/C=C\CCCC(=O)N[C@@H](COP(=O)([O-])OCC[N+](C)(C)C)[C@H](O)/C=C/CC/C=C\CCCCCCC. The Balaban J connectivity index is 4.82. The number of hydrogen-bond acceptors (Lipinski definition) is 8. The van der Waals surface area contributed by atoms with Crippen LogP contribution < -0.4 is 10.2 Å². The van der Waals surface area contributed by atoms with Crippen LogP contribution in [0.2, 0.25) is 0 Å². The fourth-order valence-electron chi connectivity index (χ4n) is 4.73. The van der Waals surface area contributed by atoms with E-state index in [9.17, 15) is 29.6 Å². The van der Waals surface area contributed by atoms with E-state index in [1.165, 1.54) is 32.1 Å². The number of quaternary nitrogens is 1. The van der Waals surface area contributed by atoms with Crippen molar-refractivity contribution in [3.63, 3.8) is 0 Å². The summed E-state index contributed by atoms with van der Waals surface area (Å²) in [7, 11) is 1.09. The Bertz CT molecular complexity index is 1230. The van der Waals surface area contributed by atoms with Gasteiger partial charge in [0, 0.05) is 6.42 Å². The van der Waals surface area contributed by atoms with Crippen molar-refractivity contribution in [2.45, 2.75) is 128 Å². The zero-order valence-electron chi connectivity index (χ0n) is 33.8. The minimum atomic E-state index is -4.65. The molecule has 1 amide bonds. The Morgan fingerprint density at radius 2 is 1.39 bits per heavy atom. The van der Waals surface area contributed by atoms with Crippen LogP contribution in [0.25, 0.3) is 0 Å². The number of aliphatic hydroxyl groups is 3. The lowest BCUT2D eigenvalue weighted by Gasteiger charge is -2.29. The van der Waals surface area contributed by atoms with Crippen LogP contribution in [-0.2, 0) is 18.4 Å². The molecule has 11 heteroatoms. The first-order chi connectivity index (χ1) is 25.8. The van der Waals surface area contributed by atoms with E-state index in [0.29, 0.717) is 43.1 Å². The molecule has 0 saturated heterocycles. The van der Waals surface area contributed by atoms with Gasteiger partial charge in [0.05, 0.1) is 52.1 Å². The molecule has 54 heavy (non-hydrogen) atoms. The normalized spacial score (nSPS) is 16.7. The smallest absolute Gasteiger partial charge is 0.268 e. The highest BCUT2D eigenvalue weighted by Crippen LogP contribution is 2.38. The maximum absolute atomic E-state index is 12.8. The number of unbranched alkanes of at least 4 members (excludes halogenated alkanes) is 7. The lowest BCUT2D eigenvalue weighted by Crippen LogP contribution is -2.45. The molecule has 0 spiro atoms. The van der Waals surface area contributed by atoms with Gasteiger partial charge in [-0.1, -0.05) is 137 Å². The van der Waals surface area contributed by atoms with E-state index in [4.69, 9.17) is 9.05 Å². The minimum Gasteiger partial charge on any atom is -0.756 e. The third-order valence-corrected chi connectivity index (χ3v) is 8.92. The number of carbonyl (C=O) groups is 1. The predicted octanol–water partition coefficient (Wildman–Crippen LogP) is 7.71. The number of amides is 1. The van der Waals surface area contributed by atoms with Gasteiger partial charge in [-0.15, -0.1) is 0 Å². The number of nitrogens with one attached hydrogen (secondary N) is 1. The van der Waals surface area contributed by atoms with Gasteiger partial charge in [0.15, 0.2) is 0 Å². The Hall–Kier alpha value is -2.66. The van der Waals surface area contributed by atoms with Gasteiger partial charge in [-0.25, -0.2) is 0 Å². The third-order valence-electron chi connectivity index (χ3n) is 7.95. The summed E-state index contributed by atoms with van der Waals surface area (Å²) in [5, 5.41) is 33.6. The molecule has 0 aliphatic rings. The topological polar surface area (TPSA) is 148 Å². The molecule has 0 aromatic carbocycles. The second kappa shape index (κ2) is 33.7. The highest BCUT2D eigenvalue weighted by atomic mass is 31.2. The van der Waals surface area contributed by atoms with Crippen LogP contribution in [-0.4, -0.2) is 91.0 Å². The number of likely N-dealkylation sites (N-methyl/N-ethyl adjacent to an activating group) is 1. The Morgan fingerprint density at radius 3 is 2.09 bits per heavy atom. The molecule has 5 atom stereocenters. The van der Waals surface area contributed by atoms with Gasteiger partial charge >= 0.3 is 0 Å². The molecule has 0 rings (SSSR count). The number of allylic oxidation sites excluding steroid dienone is 11. The Morgan fingerprint density at radius 1 is 0.741 bits per heavy atom. The number of nitrogens with zero attached hydrogens (tertiary/aromatic N) is 1. The van der Waals surface area contributed by atoms with Crippen molar-refractivity contribution in [2.75, 3.05) is 40.9 Å². The molecule has 0 radical (unpaired) electrons. The van der Waals surface area contributed by atoms with Crippen LogP contribution in [0.5, 0.6) is 0 Å². The molecule has 1 unspecified atom stereocenters. The van der Waals surface area contributed by atoms with Gasteiger partial charge in [-0.3, -0.25) is 9.36 Å². The molecule has 0 aliphatic carbocycles. The van der Waals surface area contributed by atoms with Crippen LogP contribution in [0.4, 0.5) is 0 Å². The van der Waals surface area contributed by atoms with Gasteiger partial charge in [-0.2, -0.15) is 0 Å². The van der Waals surface area contributed by atoms with Crippen LogP contribution in [0, 0.1) is 0 Å². The summed E-state index contributed by atoms with van der Waals surface area (Å²) in [4.78, 5) is 25.2. The second-order valence-electron chi connectivity index (χ2n) is 14.3. The van der Waals surface area contributed by atoms with E-state index >= 15 is 0 Å². The summed E-state index contributed by atoms with van der Waals surface area (Å²) >= 11 is 0. The van der Waals surface area contributed by atoms with E-state index in [1.54, 1.807) is 36.5 Å². The summed E-state index contributed by atoms with van der Waals surface area (Å²) in [6, 6.07) is -0.995. The first-order valence-corrected chi connectivity index (χ1v) is 21.3. The van der Waals surface area contributed by atoms with Gasteiger partial charge in [0.25, 0.3) is 7.82 Å². The maximum atomic E-state index is 12.8. The quantitative estimate of drug-likeness (QED) is 0.0174. The van der Waals surface area contributed by atoms with Crippen LogP contribution >= 0.6 is 7.82 Å². The van der Waals surface area contributed by atoms with Gasteiger partial charge in [-0.05, 0) is 57.8 Å². The number of phosphoric acid groups is 1. The molecule has 0 aliphatic heterocycles. The summed E-state index contributed by atoms with van der Waals surface area (Å²) in [5.74, 6) is -0.353. The van der Waals surface area contributed by atoms with Crippen molar-refractivity contribution in [2.24, 2.45) is 0 Å². The molecular weight excluding hydrogens is 703 g/mol. The molecule has 0 aromatic rings. The number of rotatable bonds is 33. The average Bonchev–Trinajstić information content (AvgIpc) is 3.10. The van der Waals surface area contributed by atoms with Crippen molar-refractivity contribution in [3.05, 3.63) is 97.2 Å². The molecule has 0 heterocycles. The zero-order valence-corrected chi connectivity index (χ0v) is 34.7. The standard InChI is InChI=1S/C43H73N2O8P/c1-6-8-10-11-12-13-14-15-19-22-28-34-42(48)41(38-53-54(50,51)52-37-36-45(3,4)5)44-43(49)35-29-23-27-33-40(47)32-26-21-18-16-17-20-25-31-39(46)30-24-9-7-2/h9,14-15,17-18,20-21,24-28,31-34,39-42,46-48H,6-8,10-13,16,19,22-23,29-30,35-38H2,1-5H3,(H-,44,49,50,51)/b15-14-,20-17-,21-18-,24-9-,31-25+,32-26+,33-27-,34-28+/t39-,40-,41-,42+/m0/s1. The molecule has 0 aromatic heterocycles. The second-order valence-corrected chi connectivity index (χ2v) is 15.7. The largest absolute Gasteiger partial charge is 0.756 e. The summed E-state index contributed by atoms with van der Waals surface area (Å²) < 4.78 is 23.0. The molecule has 4 N–H and O–H groups in total. The van der Waals surface area contributed by atoms with Crippen LogP contribution in [0.1, 0.15) is 104 Å². The molecule has 10 nitrogen and oxygen atoms in total. The van der Waals surface area contributed by atoms with E-state index in [-0.39, 0.29) is 18.9 Å². The minimum absolute atomic E-state index is 0.0503. The van der Waals surface area contributed by atoms with Crippen molar-refractivity contribution in [1.29, 1.82) is 0 Å². The summed E-state index contributed by atoms with van der Waals surface area (Å²) in [6.07, 6.45) is 39.6. The first kappa shape index (κ1) is 51.3. The number of carbonyl (C=O) groups excluding carboxylic acids is 1. The molecule has 0 saturated carbocycles.